The molecule has 0 spiro atoms. The normalized spacial score (nSPS) is 10.4. The van der Waals surface area contributed by atoms with Crippen LogP contribution in [0.2, 0.25) is 0 Å². The molecule has 17 heavy (non-hydrogen) atoms. The number of nitrogen functional groups attached to an aromatic ring is 1. The quantitative estimate of drug-likeness (QED) is 0.838. The van der Waals surface area contributed by atoms with E-state index in [9.17, 15) is 4.79 Å². The van der Waals surface area contributed by atoms with Crippen LogP contribution < -0.4 is 11.5 Å². The van der Waals surface area contributed by atoms with Crippen molar-refractivity contribution in [2.45, 2.75) is 6.54 Å². The number of carbonyl (C=O) groups excluding carboxylic acids is 1. The summed E-state index contributed by atoms with van der Waals surface area (Å²) >= 11 is 3.43. The predicted octanol–water partition coefficient (Wildman–Crippen LogP) is 1.37. The monoisotopic (exact) mass is 294 g/mol. The van der Waals surface area contributed by atoms with Crippen molar-refractivity contribution in [3.63, 3.8) is 0 Å². The summed E-state index contributed by atoms with van der Waals surface area (Å²) in [4.78, 5) is 10.9. The van der Waals surface area contributed by atoms with Crippen molar-refractivity contribution in [3.8, 4) is 0 Å². The van der Waals surface area contributed by atoms with E-state index >= 15 is 0 Å². The third-order valence-electron chi connectivity index (χ3n) is 2.33. The van der Waals surface area contributed by atoms with Crippen LogP contribution in [-0.4, -0.2) is 15.7 Å². The largest absolute Gasteiger partial charge is 0.399 e. The summed E-state index contributed by atoms with van der Waals surface area (Å²) in [6, 6.07) is 5.55. The maximum atomic E-state index is 10.9. The van der Waals surface area contributed by atoms with Gasteiger partial charge in [0.1, 0.15) is 0 Å². The minimum atomic E-state index is -0.479. The van der Waals surface area contributed by atoms with Crippen LogP contribution in [-0.2, 0) is 6.54 Å². The molecule has 0 unspecified atom stereocenters. The molecule has 6 heteroatoms. The van der Waals surface area contributed by atoms with Gasteiger partial charge in [0.15, 0.2) is 0 Å². The molecular formula is C11H11BrN4O. The second-order valence-corrected chi connectivity index (χ2v) is 4.50. The van der Waals surface area contributed by atoms with Gasteiger partial charge in [-0.05, 0) is 17.7 Å². The number of benzene rings is 1. The van der Waals surface area contributed by atoms with Crippen molar-refractivity contribution in [1.29, 1.82) is 0 Å². The summed E-state index contributed by atoms with van der Waals surface area (Å²) in [6.07, 6.45) is 3.07. The van der Waals surface area contributed by atoms with Crippen LogP contribution in [0.1, 0.15) is 15.9 Å². The van der Waals surface area contributed by atoms with E-state index in [4.69, 9.17) is 11.5 Å². The van der Waals surface area contributed by atoms with Crippen molar-refractivity contribution in [2.24, 2.45) is 5.73 Å². The number of rotatable bonds is 3. The second-order valence-electron chi connectivity index (χ2n) is 3.64. The van der Waals surface area contributed by atoms with Crippen LogP contribution in [0.15, 0.2) is 35.1 Å². The van der Waals surface area contributed by atoms with E-state index < -0.39 is 5.91 Å². The molecule has 0 fully saturated rings. The Morgan fingerprint density at radius 1 is 1.47 bits per heavy atom. The van der Waals surface area contributed by atoms with Gasteiger partial charge in [0, 0.05) is 16.4 Å². The molecule has 1 aromatic heterocycles. The standard InChI is InChI=1S/C11H11BrN4O/c12-10-3-9(13)2-1-7(10)5-16-6-8(4-15-16)11(14)17/h1-4,6H,5,13H2,(H2,14,17). The minimum Gasteiger partial charge on any atom is -0.399 e. The van der Waals surface area contributed by atoms with E-state index in [0.29, 0.717) is 17.8 Å². The van der Waals surface area contributed by atoms with Gasteiger partial charge in [-0.1, -0.05) is 22.0 Å². The fourth-order valence-electron chi connectivity index (χ4n) is 1.44. The zero-order valence-electron chi connectivity index (χ0n) is 8.93. The highest BCUT2D eigenvalue weighted by molar-refractivity contribution is 9.10. The SMILES string of the molecule is NC(=O)c1cnn(Cc2ccc(N)cc2Br)c1. The molecule has 0 aliphatic heterocycles. The van der Waals surface area contributed by atoms with Gasteiger partial charge < -0.3 is 11.5 Å². The lowest BCUT2D eigenvalue weighted by molar-refractivity contribution is 0.1000. The number of primary amides is 1. The van der Waals surface area contributed by atoms with Crippen molar-refractivity contribution in [1.82, 2.24) is 9.78 Å². The Labute approximate surface area is 107 Å². The van der Waals surface area contributed by atoms with Gasteiger partial charge in [0.2, 0.25) is 0 Å². The predicted molar refractivity (Wildman–Crippen MR) is 68.4 cm³/mol. The molecule has 2 aromatic rings. The number of nitrogens with two attached hydrogens (primary N) is 2. The summed E-state index contributed by atoms with van der Waals surface area (Å²) in [5.41, 5.74) is 12.9. The maximum absolute atomic E-state index is 10.9. The summed E-state index contributed by atoms with van der Waals surface area (Å²) < 4.78 is 2.56. The molecule has 1 amide bonds. The molecule has 0 aliphatic rings. The van der Waals surface area contributed by atoms with Crippen LogP contribution >= 0.6 is 15.9 Å². The number of carbonyl (C=O) groups is 1. The third-order valence-corrected chi connectivity index (χ3v) is 3.07. The number of hydrogen-bond donors (Lipinski definition) is 2. The van der Waals surface area contributed by atoms with Crippen LogP contribution in [0.25, 0.3) is 0 Å². The summed E-state index contributed by atoms with van der Waals surface area (Å²) in [5.74, 6) is -0.479. The number of halogens is 1. The van der Waals surface area contributed by atoms with Crippen LogP contribution in [0.4, 0.5) is 5.69 Å². The first-order chi connectivity index (χ1) is 8.06. The Kier molecular flexibility index (Phi) is 3.14. The fraction of sp³-hybridized carbons (Fsp3) is 0.0909. The van der Waals surface area contributed by atoms with Gasteiger partial charge in [-0.2, -0.15) is 5.10 Å². The Balaban J connectivity index is 2.22. The van der Waals surface area contributed by atoms with Crippen molar-refractivity contribution < 1.29 is 4.79 Å². The lowest BCUT2D eigenvalue weighted by Crippen LogP contribution is -2.09. The third kappa shape index (κ3) is 2.65. The van der Waals surface area contributed by atoms with E-state index in [1.165, 1.54) is 6.20 Å². The molecule has 0 aliphatic carbocycles. The van der Waals surface area contributed by atoms with E-state index in [1.54, 1.807) is 10.9 Å². The highest BCUT2D eigenvalue weighted by Gasteiger charge is 2.06. The Morgan fingerprint density at radius 3 is 2.82 bits per heavy atom. The lowest BCUT2D eigenvalue weighted by atomic mass is 10.2. The molecule has 88 valence electrons. The lowest BCUT2D eigenvalue weighted by Gasteiger charge is -2.05. The zero-order valence-corrected chi connectivity index (χ0v) is 10.5. The summed E-state index contributed by atoms with van der Waals surface area (Å²) in [6.45, 7) is 0.550. The van der Waals surface area contributed by atoms with Gasteiger partial charge in [0.05, 0.1) is 18.3 Å². The van der Waals surface area contributed by atoms with Crippen LogP contribution in [0.5, 0.6) is 0 Å². The zero-order chi connectivity index (χ0) is 12.4. The highest BCUT2D eigenvalue weighted by Crippen LogP contribution is 2.20. The fourth-order valence-corrected chi connectivity index (χ4v) is 1.97. The number of hydrogen-bond acceptors (Lipinski definition) is 3. The average molecular weight is 295 g/mol. The second kappa shape index (κ2) is 4.58. The Bertz CT molecular complexity index is 564. The topological polar surface area (TPSA) is 86.9 Å². The molecule has 0 saturated carbocycles. The van der Waals surface area contributed by atoms with E-state index in [1.807, 2.05) is 18.2 Å². The molecule has 2 rings (SSSR count). The number of aromatic nitrogens is 2. The van der Waals surface area contributed by atoms with Gasteiger partial charge >= 0.3 is 0 Å². The number of amides is 1. The first-order valence-corrected chi connectivity index (χ1v) is 5.72. The first kappa shape index (κ1) is 11.7. The van der Waals surface area contributed by atoms with Crippen molar-refractivity contribution in [3.05, 3.63) is 46.2 Å². The Morgan fingerprint density at radius 2 is 2.24 bits per heavy atom. The molecule has 0 bridgehead atoms. The van der Waals surface area contributed by atoms with E-state index in [0.717, 1.165) is 10.0 Å². The van der Waals surface area contributed by atoms with Crippen LogP contribution in [0.3, 0.4) is 0 Å². The summed E-state index contributed by atoms with van der Waals surface area (Å²) in [5, 5.41) is 4.06. The van der Waals surface area contributed by atoms with Gasteiger partial charge in [-0.15, -0.1) is 0 Å². The van der Waals surface area contributed by atoms with E-state index in [2.05, 4.69) is 21.0 Å². The van der Waals surface area contributed by atoms with E-state index in [-0.39, 0.29) is 0 Å². The number of nitrogens with zero attached hydrogens (tertiary/aromatic N) is 2. The molecule has 0 radical (unpaired) electrons. The number of anilines is 1. The maximum Gasteiger partial charge on any atom is 0.251 e. The van der Waals surface area contributed by atoms with Crippen molar-refractivity contribution in [2.75, 3.05) is 5.73 Å². The minimum absolute atomic E-state index is 0.400. The van der Waals surface area contributed by atoms with Crippen molar-refractivity contribution >= 4 is 27.5 Å². The molecule has 1 heterocycles. The molecule has 1 aromatic carbocycles. The molecular weight excluding hydrogens is 284 g/mol. The molecule has 0 atom stereocenters. The van der Waals surface area contributed by atoms with Crippen LogP contribution in [0, 0.1) is 0 Å². The molecule has 5 nitrogen and oxygen atoms in total. The first-order valence-electron chi connectivity index (χ1n) is 4.92. The van der Waals surface area contributed by atoms with Gasteiger partial charge in [-0.25, -0.2) is 0 Å². The van der Waals surface area contributed by atoms with Gasteiger partial charge in [0.25, 0.3) is 5.91 Å². The summed E-state index contributed by atoms with van der Waals surface area (Å²) in [7, 11) is 0. The average Bonchev–Trinajstić information content (AvgIpc) is 2.71. The van der Waals surface area contributed by atoms with Gasteiger partial charge in [-0.3, -0.25) is 9.48 Å². The highest BCUT2D eigenvalue weighted by atomic mass is 79.9. The molecule has 0 saturated heterocycles. The Hall–Kier alpha value is -1.82. The smallest absolute Gasteiger partial charge is 0.251 e. The molecule has 4 N–H and O–H groups in total.